The van der Waals surface area contributed by atoms with Gasteiger partial charge in [-0.15, -0.1) is 0 Å². The fourth-order valence-corrected chi connectivity index (χ4v) is 10.0. The third kappa shape index (κ3) is 23.9. The third-order valence-corrected chi connectivity index (χ3v) is 14.7. The molecule has 1 fully saturated rings. The van der Waals surface area contributed by atoms with Crippen molar-refractivity contribution < 1.29 is 62.6 Å². The number of amides is 11. The topological polar surface area (TPSA) is 519 Å². The largest absolute Gasteiger partial charge is 0.508 e. The lowest BCUT2D eigenvalue weighted by Crippen LogP contribution is -2.60. The Kier molecular flexibility index (Phi) is 28.0. The number of guanidine groups is 2. The Hall–Kier alpha value is -10.9. The molecule has 4 aromatic carbocycles. The van der Waals surface area contributed by atoms with Gasteiger partial charge in [0.05, 0.1) is 6.42 Å². The molecule has 0 aliphatic carbocycles. The maximum atomic E-state index is 14.7. The van der Waals surface area contributed by atoms with Crippen molar-refractivity contribution in [1.82, 2.24) is 42.1 Å². The van der Waals surface area contributed by atoms with Crippen LogP contribution in [0.5, 0.6) is 5.75 Å². The monoisotopic (exact) mass is 1270 g/mol. The minimum Gasteiger partial charge on any atom is -0.508 e. The fraction of sp³-hybridized carbons (Fsp3) is 0.387. The van der Waals surface area contributed by atoms with Crippen LogP contribution in [0.3, 0.4) is 0 Å². The number of aromatic hydroxyl groups is 1. The minimum atomic E-state index is -1.86. The average Bonchev–Trinajstić information content (AvgIpc) is 1.79. The number of hydrogen-bond donors (Lipinski definition) is 15. The first-order valence-electron chi connectivity index (χ1n) is 29.6. The lowest BCUT2D eigenvalue weighted by Gasteiger charge is -2.31. The number of phenols is 1. The highest BCUT2D eigenvalue weighted by molar-refractivity contribution is 6.09. The molecule has 4 aromatic rings. The number of nitrogens with two attached hydrogens (primary N) is 7. The Morgan fingerprint density at radius 2 is 0.924 bits per heavy atom. The van der Waals surface area contributed by atoms with Gasteiger partial charge in [-0.2, -0.15) is 0 Å². The summed E-state index contributed by atoms with van der Waals surface area (Å²) < 4.78 is 0. The van der Waals surface area contributed by atoms with Crippen LogP contribution in [0.15, 0.2) is 119 Å². The quantitative estimate of drug-likeness (QED) is 0.00922. The number of aliphatic imine (C=N–C) groups is 2. The maximum absolute atomic E-state index is 14.7. The van der Waals surface area contributed by atoms with E-state index in [0.29, 0.717) is 27.8 Å². The van der Waals surface area contributed by atoms with Gasteiger partial charge in [-0.1, -0.05) is 97.1 Å². The standard InChI is InChI=1S/C62H81N17O13/c1-35(80)72-46(33-37-18-22-40(23-19-37)52(84)39-13-6-3-7-14-39)56(88)77-47(32-36-11-4-2-5-12-36)57(89)73-43(26-27-50(63)82)55(87)78-48(34-51(64)83)58(90)75-44(16-9-29-71-62(68)69)60(92)79-30-10-17-49(79)59(91)74-42(15-8-28-70-61(66)67)54(86)76-45(53(65)85)31-38-20-24-41(81)25-21-38/h2-7,11-14,18-25,42-49,81H,8-10,15-17,26-34H2,1H3,(H2,63,82)(H2,64,83)(H2,65,85)(H,72,80)(H,73,89)(H,74,91)(H,75,90)(H,76,86)(H,77,88)(H,78,87)(H4,66,67,70)(H4,68,69,71)/t42-,43-,44-,45-,46-,47-,48-,49-/m0/s1. The summed E-state index contributed by atoms with van der Waals surface area (Å²) in [6, 6.07) is 17.6. The summed E-state index contributed by atoms with van der Waals surface area (Å²) in [4.78, 5) is 173. The zero-order valence-corrected chi connectivity index (χ0v) is 50.8. The van der Waals surface area contributed by atoms with Crippen molar-refractivity contribution >= 4 is 82.7 Å². The number of ketones is 1. The summed E-state index contributed by atoms with van der Waals surface area (Å²) >= 11 is 0. The van der Waals surface area contributed by atoms with Gasteiger partial charge in [-0.3, -0.25) is 67.5 Å². The first-order valence-corrected chi connectivity index (χ1v) is 29.6. The van der Waals surface area contributed by atoms with Gasteiger partial charge in [0.15, 0.2) is 17.7 Å². The second kappa shape index (κ2) is 35.9. The van der Waals surface area contributed by atoms with E-state index in [1.54, 1.807) is 84.9 Å². The molecule has 492 valence electrons. The molecule has 11 amide bonds. The smallest absolute Gasteiger partial charge is 0.245 e. The summed E-state index contributed by atoms with van der Waals surface area (Å²) in [6.07, 6.45) is -1.89. The normalized spacial score (nSPS) is 14.8. The predicted molar refractivity (Wildman–Crippen MR) is 337 cm³/mol. The van der Waals surface area contributed by atoms with Crippen LogP contribution in [0.25, 0.3) is 0 Å². The molecule has 0 saturated carbocycles. The number of rotatable bonds is 36. The van der Waals surface area contributed by atoms with Crippen molar-refractivity contribution in [3.8, 4) is 5.75 Å². The fourth-order valence-electron chi connectivity index (χ4n) is 10.0. The van der Waals surface area contributed by atoms with E-state index in [9.17, 15) is 62.6 Å². The molecule has 1 saturated heterocycles. The van der Waals surface area contributed by atoms with E-state index in [-0.39, 0.29) is 101 Å². The van der Waals surface area contributed by atoms with Crippen LogP contribution in [-0.4, -0.2) is 161 Å². The lowest BCUT2D eigenvalue weighted by atomic mass is 9.98. The summed E-state index contributed by atoms with van der Waals surface area (Å²) in [6.45, 7) is 1.17. The number of carbonyl (C=O) groups excluding carboxylic acids is 12. The van der Waals surface area contributed by atoms with Crippen LogP contribution in [0.1, 0.15) is 97.3 Å². The first kappa shape index (κ1) is 71.8. The number of nitrogens with one attached hydrogen (secondary N) is 7. The van der Waals surface area contributed by atoms with E-state index in [4.69, 9.17) is 40.1 Å². The molecule has 1 heterocycles. The molecule has 30 nitrogen and oxygen atoms in total. The zero-order valence-electron chi connectivity index (χ0n) is 50.8. The number of carbonyl (C=O) groups is 12. The van der Waals surface area contributed by atoms with Gasteiger partial charge in [0.1, 0.15) is 54.1 Å². The molecule has 0 bridgehead atoms. The molecule has 0 unspecified atom stereocenters. The number of primary amides is 3. The van der Waals surface area contributed by atoms with Gasteiger partial charge in [-0.25, -0.2) is 0 Å². The second-order valence-corrected chi connectivity index (χ2v) is 21.9. The highest BCUT2D eigenvalue weighted by atomic mass is 16.3. The molecule has 8 atom stereocenters. The number of benzene rings is 4. The van der Waals surface area contributed by atoms with Gasteiger partial charge in [0, 0.05) is 63.4 Å². The van der Waals surface area contributed by atoms with Crippen molar-refractivity contribution in [3.63, 3.8) is 0 Å². The van der Waals surface area contributed by atoms with Gasteiger partial charge in [0.2, 0.25) is 65.0 Å². The molecule has 92 heavy (non-hydrogen) atoms. The predicted octanol–water partition coefficient (Wildman–Crippen LogP) is -3.21. The van der Waals surface area contributed by atoms with Crippen LogP contribution >= 0.6 is 0 Å². The SMILES string of the molecule is CC(=O)N[C@@H](Cc1ccc(C(=O)c2ccccc2)cc1)C(=O)N[C@@H](Cc1ccccc1)C(=O)N[C@@H](CCC(N)=O)C(=O)N[C@@H](CC(N)=O)C(=O)N[C@@H](CCCN=C(N)N)C(=O)N1CCC[C@H]1C(=O)N[C@@H](CCCN=C(N)N)C(=O)N[C@@H](Cc1ccc(O)cc1)C(N)=O. The third-order valence-electron chi connectivity index (χ3n) is 14.7. The summed E-state index contributed by atoms with van der Waals surface area (Å²) in [5, 5.41) is 27.8. The second-order valence-electron chi connectivity index (χ2n) is 21.9. The Morgan fingerprint density at radius 3 is 1.46 bits per heavy atom. The Balaban J connectivity index is 1.37. The maximum Gasteiger partial charge on any atom is 0.245 e. The number of likely N-dealkylation sites (tertiary alicyclic amines) is 1. The van der Waals surface area contributed by atoms with Crippen LogP contribution < -0.4 is 77.4 Å². The highest BCUT2D eigenvalue weighted by Crippen LogP contribution is 2.22. The van der Waals surface area contributed by atoms with E-state index in [2.05, 4.69) is 47.2 Å². The number of hydrogen-bond acceptors (Lipinski definition) is 15. The minimum absolute atomic E-state index is 0.0240. The molecule has 0 radical (unpaired) electrons. The molecular formula is C62H81N17O13. The molecule has 0 spiro atoms. The van der Waals surface area contributed by atoms with Crippen molar-refractivity contribution in [2.45, 2.75) is 132 Å². The molecule has 30 heteroatoms. The molecule has 0 aromatic heterocycles. The van der Waals surface area contributed by atoms with Crippen molar-refractivity contribution in [2.24, 2.45) is 50.1 Å². The Morgan fingerprint density at radius 1 is 0.489 bits per heavy atom. The molecular weight excluding hydrogens is 1190 g/mol. The number of phenolic OH excluding ortho intramolecular Hbond substituents is 1. The van der Waals surface area contributed by atoms with Crippen molar-refractivity contribution in [2.75, 3.05) is 19.6 Å². The van der Waals surface area contributed by atoms with E-state index >= 15 is 0 Å². The zero-order chi connectivity index (χ0) is 67.4. The van der Waals surface area contributed by atoms with E-state index < -0.39 is 133 Å². The van der Waals surface area contributed by atoms with Gasteiger partial charge < -0.3 is 87.4 Å². The van der Waals surface area contributed by atoms with Gasteiger partial charge in [0.25, 0.3) is 0 Å². The van der Waals surface area contributed by atoms with E-state index in [1.165, 1.54) is 36.1 Å². The molecule has 5 rings (SSSR count). The lowest BCUT2D eigenvalue weighted by molar-refractivity contribution is -0.143. The summed E-state index contributed by atoms with van der Waals surface area (Å²) in [7, 11) is 0. The Bertz CT molecular complexity index is 3310. The summed E-state index contributed by atoms with van der Waals surface area (Å²) in [5.41, 5.74) is 41.4. The van der Waals surface area contributed by atoms with Gasteiger partial charge in [-0.05, 0) is 73.8 Å². The van der Waals surface area contributed by atoms with E-state index in [1.807, 2.05) is 0 Å². The first-order chi connectivity index (χ1) is 43.8. The molecule has 1 aliphatic heterocycles. The van der Waals surface area contributed by atoms with Crippen LogP contribution in [-0.2, 0) is 72.0 Å². The molecule has 1 aliphatic rings. The molecule has 22 N–H and O–H groups in total. The van der Waals surface area contributed by atoms with Crippen molar-refractivity contribution in [1.29, 1.82) is 0 Å². The van der Waals surface area contributed by atoms with Crippen molar-refractivity contribution in [3.05, 3.63) is 137 Å². The number of nitrogens with zero attached hydrogens (tertiary/aromatic N) is 3. The van der Waals surface area contributed by atoms with Crippen LogP contribution in [0.4, 0.5) is 0 Å². The van der Waals surface area contributed by atoms with Crippen LogP contribution in [0, 0.1) is 0 Å². The van der Waals surface area contributed by atoms with Crippen LogP contribution in [0.2, 0.25) is 0 Å². The Labute approximate surface area is 530 Å². The van der Waals surface area contributed by atoms with E-state index in [0.717, 1.165) is 0 Å². The average molecular weight is 1270 g/mol. The van der Waals surface area contributed by atoms with Gasteiger partial charge >= 0.3 is 0 Å². The summed E-state index contributed by atoms with van der Waals surface area (Å²) in [5.74, 6) is -10.8. The highest BCUT2D eigenvalue weighted by Gasteiger charge is 2.41.